The standard InChI is InChI=1S/C24H27N5O3S/c1-24(2,3)32-23(30)29-10-5-6-16(14-29)26-22-21-18(9-11-33-21)20(27-28-22)17-8-7-15(13-25)12-19(17)31-4/h7-9,11-12,16H,5-6,10,14H2,1-4H3,(H,26,28)/t16-/m1/s1. The van der Waals surface area contributed by atoms with E-state index in [1.54, 1.807) is 35.5 Å². The zero-order valence-electron chi connectivity index (χ0n) is 19.2. The predicted octanol–water partition coefficient (Wildman–Crippen LogP) is 5.05. The number of rotatable bonds is 4. The molecule has 1 fully saturated rings. The number of piperidine rings is 1. The Hall–Kier alpha value is -3.38. The van der Waals surface area contributed by atoms with Crippen LogP contribution in [0.4, 0.5) is 10.6 Å². The number of nitrogens with one attached hydrogen (secondary N) is 1. The van der Waals surface area contributed by atoms with Crippen LogP contribution in [-0.4, -0.2) is 53.0 Å². The molecule has 1 N–H and O–H groups in total. The Morgan fingerprint density at radius 2 is 2.12 bits per heavy atom. The van der Waals surface area contributed by atoms with Gasteiger partial charge in [-0.15, -0.1) is 21.5 Å². The van der Waals surface area contributed by atoms with Gasteiger partial charge in [0.15, 0.2) is 5.82 Å². The van der Waals surface area contributed by atoms with E-state index in [0.29, 0.717) is 35.9 Å². The molecule has 0 radical (unpaired) electrons. The number of hydrogen-bond acceptors (Lipinski definition) is 8. The Balaban J connectivity index is 1.58. The van der Waals surface area contributed by atoms with Gasteiger partial charge in [-0.2, -0.15) is 5.26 Å². The van der Waals surface area contributed by atoms with Crippen LogP contribution in [0, 0.1) is 11.3 Å². The summed E-state index contributed by atoms with van der Waals surface area (Å²) in [5, 5.41) is 24.6. The highest BCUT2D eigenvalue weighted by molar-refractivity contribution is 7.17. The molecule has 0 spiro atoms. The molecule has 0 bridgehead atoms. The van der Waals surface area contributed by atoms with Gasteiger partial charge >= 0.3 is 6.09 Å². The SMILES string of the molecule is COc1cc(C#N)ccc1-c1nnc(N[C@@H]2CCCN(C(=O)OC(C)(C)C)C2)c2sccc12. The van der Waals surface area contributed by atoms with Crippen LogP contribution in [0.3, 0.4) is 0 Å². The summed E-state index contributed by atoms with van der Waals surface area (Å²) in [4.78, 5) is 14.3. The first-order chi connectivity index (χ1) is 15.8. The van der Waals surface area contributed by atoms with Crippen LogP contribution in [0.15, 0.2) is 29.6 Å². The monoisotopic (exact) mass is 465 g/mol. The zero-order chi connectivity index (χ0) is 23.6. The lowest BCUT2D eigenvalue weighted by Gasteiger charge is -2.34. The molecule has 3 aromatic rings. The van der Waals surface area contributed by atoms with E-state index in [0.717, 1.165) is 28.5 Å². The van der Waals surface area contributed by atoms with E-state index in [1.807, 2.05) is 38.3 Å². The molecule has 33 heavy (non-hydrogen) atoms. The minimum Gasteiger partial charge on any atom is -0.496 e. The molecular weight excluding hydrogens is 438 g/mol. The van der Waals surface area contributed by atoms with Gasteiger partial charge in [0.1, 0.15) is 17.0 Å². The lowest BCUT2D eigenvalue weighted by Crippen LogP contribution is -2.47. The Morgan fingerprint density at radius 1 is 1.30 bits per heavy atom. The first kappa shape index (κ1) is 22.8. The molecule has 172 valence electrons. The van der Waals surface area contributed by atoms with Gasteiger partial charge in [-0.1, -0.05) is 0 Å². The molecule has 8 nitrogen and oxygen atoms in total. The fraction of sp³-hybridized carbons (Fsp3) is 0.417. The summed E-state index contributed by atoms with van der Waals surface area (Å²) in [5.41, 5.74) is 1.49. The summed E-state index contributed by atoms with van der Waals surface area (Å²) < 4.78 is 12.0. The largest absolute Gasteiger partial charge is 0.496 e. The number of aromatic nitrogens is 2. The molecule has 3 heterocycles. The molecule has 9 heteroatoms. The average molecular weight is 466 g/mol. The first-order valence-electron chi connectivity index (χ1n) is 10.9. The quantitative estimate of drug-likeness (QED) is 0.575. The van der Waals surface area contributed by atoms with E-state index in [-0.39, 0.29) is 12.1 Å². The molecular formula is C24H27N5O3S. The van der Waals surface area contributed by atoms with Crippen LogP contribution < -0.4 is 10.1 Å². The predicted molar refractivity (Wildman–Crippen MR) is 129 cm³/mol. The van der Waals surface area contributed by atoms with Gasteiger partial charge in [0.05, 0.1) is 23.4 Å². The van der Waals surface area contributed by atoms with Gasteiger partial charge < -0.3 is 19.7 Å². The third kappa shape index (κ3) is 5.01. The summed E-state index contributed by atoms with van der Waals surface area (Å²) >= 11 is 1.58. The van der Waals surface area contributed by atoms with Crippen LogP contribution in [0.5, 0.6) is 5.75 Å². The number of carbonyl (C=O) groups excluding carboxylic acids is 1. The highest BCUT2D eigenvalue weighted by Gasteiger charge is 2.28. The molecule has 4 rings (SSSR count). The van der Waals surface area contributed by atoms with Crippen molar-refractivity contribution in [3.63, 3.8) is 0 Å². The van der Waals surface area contributed by atoms with Crippen molar-refractivity contribution in [2.45, 2.75) is 45.3 Å². The fourth-order valence-electron chi connectivity index (χ4n) is 3.91. The lowest BCUT2D eigenvalue weighted by molar-refractivity contribution is 0.0206. The van der Waals surface area contributed by atoms with Crippen LogP contribution in [0.2, 0.25) is 0 Å². The summed E-state index contributed by atoms with van der Waals surface area (Å²) in [6, 6.07) is 9.49. The third-order valence-electron chi connectivity index (χ3n) is 5.39. The van der Waals surface area contributed by atoms with E-state index in [9.17, 15) is 10.1 Å². The summed E-state index contributed by atoms with van der Waals surface area (Å²) in [6.07, 6.45) is 1.53. The summed E-state index contributed by atoms with van der Waals surface area (Å²) in [5.74, 6) is 1.28. The second-order valence-corrected chi connectivity index (χ2v) is 9.91. The number of hydrogen-bond donors (Lipinski definition) is 1. The number of carbonyl (C=O) groups is 1. The Kier molecular flexibility index (Phi) is 6.38. The molecule has 0 aliphatic carbocycles. The summed E-state index contributed by atoms with van der Waals surface area (Å²) in [6.45, 7) is 6.85. The number of ether oxygens (including phenoxy) is 2. The minimum atomic E-state index is -0.519. The van der Waals surface area contributed by atoms with E-state index < -0.39 is 5.60 Å². The normalized spacial score (nSPS) is 16.3. The fourth-order valence-corrected chi connectivity index (χ4v) is 4.75. The number of anilines is 1. The van der Waals surface area contributed by atoms with Gasteiger partial charge in [-0.05, 0) is 63.3 Å². The summed E-state index contributed by atoms with van der Waals surface area (Å²) in [7, 11) is 1.58. The lowest BCUT2D eigenvalue weighted by atomic mass is 10.0. The second kappa shape index (κ2) is 9.24. The van der Waals surface area contributed by atoms with E-state index in [4.69, 9.17) is 9.47 Å². The number of nitriles is 1. The molecule has 1 atom stereocenters. The van der Waals surface area contributed by atoms with Crippen molar-refractivity contribution in [2.24, 2.45) is 0 Å². The Bertz CT molecular complexity index is 1210. The van der Waals surface area contributed by atoms with Crippen LogP contribution in [-0.2, 0) is 4.74 Å². The highest BCUT2D eigenvalue weighted by atomic mass is 32.1. The molecule has 1 aliphatic rings. The Morgan fingerprint density at radius 3 is 2.85 bits per heavy atom. The van der Waals surface area contributed by atoms with Gasteiger partial charge in [0, 0.05) is 30.1 Å². The van der Waals surface area contributed by atoms with E-state index in [1.165, 1.54) is 0 Å². The zero-order valence-corrected chi connectivity index (χ0v) is 20.0. The number of benzene rings is 1. The maximum absolute atomic E-state index is 12.5. The van der Waals surface area contributed by atoms with Crippen molar-refractivity contribution in [1.82, 2.24) is 15.1 Å². The molecule has 1 saturated heterocycles. The number of thiophene rings is 1. The van der Waals surface area contributed by atoms with Gasteiger partial charge in [-0.25, -0.2) is 4.79 Å². The third-order valence-corrected chi connectivity index (χ3v) is 6.31. The number of likely N-dealkylation sites (tertiary alicyclic amines) is 1. The maximum atomic E-state index is 12.5. The second-order valence-electron chi connectivity index (χ2n) is 9.00. The maximum Gasteiger partial charge on any atom is 0.410 e. The van der Waals surface area contributed by atoms with Crippen molar-refractivity contribution < 1.29 is 14.3 Å². The van der Waals surface area contributed by atoms with Gasteiger partial charge in [0.25, 0.3) is 0 Å². The molecule has 1 aromatic carbocycles. The van der Waals surface area contributed by atoms with E-state index >= 15 is 0 Å². The van der Waals surface area contributed by atoms with E-state index in [2.05, 4.69) is 21.6 Å². The van der Waals surface area contributed by atoms with Crippen LogP contribution in [0.25, 0.3) is 21.3 Å². The van der Waals surface area contributed by atoms with Crippen molar-refractivity contribution in [2.75, 3.05) is 25.5 Å². The molecule has 2 aromatic heterocycles. The molecule has 0 unspecified atom stereocenters. The van der Waals surface area contributed by atoms with Gasteiger partial charge in [0.2, 0.25) is 0 Å². The number of methoxy groups -OCH3 is 1. The number of amides is 1. The topological polar surface area (TPSA) is 100 Å². The molecule has 1 aliphatic heterocycles. The molecule has 1 amide bonds. The van der Waals surface area contributed by atoms with Crippen LogP contribution >= 0.6 is 11.3 Å². The average Bonchev–Trinajstić information content (AvgIpc) is 3.28. The number of fused-ring (bicyclic) bond motifs is 1. The number of nitrogens with zero attached hydrogens (tertiary/aromatic N) is 4. The van der Waals surface area contributed by atoms with Crippen molar-refractivity contribution in [1.29, 1.82) is 5.26 Å². The van der Waals surface area contributed by atoms with Crippen molar-refractivity contribution >= 4 is 33.3 Å². The smallest absolute Gasteiger partial charge is 0.410 e. The minimum absolute atomic E-state index is 0.0566. The first-order valence-corrected chi connectivity index (χ1v) is 11.7. The van der Waals surface area contributed by atoms with Crippen molar-refractivity contribution in [3.05, 3.63) is 35.2 Å². The Labute approximate surface area is 197 Å². The van der Waals surface area contributed by atoms with Crippen molar-refractivity contribution in [3.8, 4) is 23.1 Å². The molecule has 0 saturated carbocycles. The van der Waals surface area contributed by atoms with Gasteiger partial charge in [-0.3, -0.25) is 0 Å². The van der Waals surface area contributed by atoms with Crippen LogP contribution in [0.1, 0.15) is 39.2 Å². The highest BCUT2D eigenvalue weighted by Crippen LogP contribution is 2.38.